The fraction of sp³-hybridized carbons (Fsp3) is 0.0833. The number of pyridine rings is 2. The van der Waals surface area contributed by atoms with Gasteiger partial charge in [0.15, 0.2) is 0 Å². The molecule has 0 aliphatic heterocycles. The summed E-state index contributed by atoms with van der Waals surface area (Å²) in [6.45, 7) is 0. The Labute approximate surface area is 111 Å². The second-order valence-corrected chi connectivity index (χ2v) is 3.76. The van der Waals surface area contributed by atoms with Gasteiger partial charge in [0.25, 0.3) is 0 Å². The number of carboxylic acid groups (broad SMARTS) is 1. The van der Waals surface area contributed by atoms with Crippen molar-refractivity contribution < 1.29 is 23.1 Å². The molecule has 0 aliphatic rings. The maximum Gasteiger partial charge on any atom is 0.433 e. The summed E-state index contributed by atoms with van der Waals surface area (Å²) in [4.78, 5) is 18.0. The summed E-state index contributed by atoms with van der Waals surface area (Å²) in [6.07, 6.45) is -2.19. The number of alkyl halides is 3. The van der Waals surface area contributed by atoms with Gasteiger partial charge < -0.3 is 10.4 Å². The van der Waals surface area contributed by atoms with Gasteiger partial charge in [0, 0.05) is 6.20 Å². The highest BCUT2D eigenvalue weighted by atomic mass is 19.4. The Kier molecular flexibility index (Phi) is 3.55. The molecule has 0 aliphatic carbocycles. The van der Waals surface area contributed by atoms with Gasteiger partial charge in [-0.15, -0.1) is 0 Å². The molecular weight excluding hydrogens is 275 g/mol. The fourth-order valence-electron chi connectivity index (χ4n) is 1.45. The first-order chi connectivity index (χ1) is 9.38. The number of halogens is 3. The smallest absolute Gasteiger partial charge is 0.433 e. The zero-order valence-corrected chi connectivity index (χ0v) is 9.85. The Hall–Kier alpha value is -2.64. The average Bonchev–Trinajstić information content (AvgIpc) is 2.38. The van der Waals surface area contributed by atoms with E-state index in [0.29, 0.717) is 0 Å². The molecule has 8 heteroatoms. The zero-order valence-electron chi connectivity index (χ0n) is 9.85. The molecule has 0 saturated heterocycles. The van der Waals surface area contributed by atoms with Crippen LogP contribution in [0.15, 0.2) is 36.7 Å². The minimum absolute atomic E-state index is 0.0292. The molecule has 0 spiro atoms. The van der Waals surface area contributed by atoms with Crippen molar-refractivity contribution in [2.45, 2.75) is 6.18 Å². The summed E-state index contributed by atoms with van der Waals surface area (Å²) in [6, 6.07) is 4.72. The average molecular weight is 283 g/mol. The molecule has 0 amide bonds. The third kappa shape index (κ3) is 3.02. The Morgan fingerprint density at radius 2 is 1.95 bits per heavy atom. The number of carboxylic acids is 1. The Morgan fingerprint density at radius 3 is 2.50 bits per heavy atom. The summed E-state index contributed by atoms with van der Waals surface area (Å²) in [5, 5.41) is 11.6. The van der Waals surface area contributed by atoms with Gasteiger partial charge in [-0.1, -0.05) is 0 Å². The second kappa shape index (κ2) is 5.16. The quantitative estimate of drug-likeness (QED) is 0.905. The number of hydrogen-bond acceptors (Lipinski definition) is 4. The fourth-order valence-corrected chi connectivity index (χ4v) is 1.45. The first kappa shape index (κ1) is 13.8. The van der Waals surface area contributed by atoms with Gasteiger partial charge in [0.05, 0.1) is 11.9 Å². The molecular formula is C12H8F3N3O2. The topological polar surface area (TPSA) is 75.1 Å². The standard InChI is InChI=1S/C12H8F3N3O2/c13-12(14,15)9-4-3-7(6-17-9)18-10-8(11(19)20)2-1-5-16-10/h1-6H,(H,16,18)(H,19,20). The van der Waals surface area contributed by atoms with E-state index in [2.05, 4.69) is 15.3 Å². The lowest BCUT2D eigenvalue weighted by Gasteiger charge is -2.09. The van der Waals surface area contributed by atoms with Crippen LogP contribution in [-0.4, -0.2) is 21.0 Å². The minimum atomic E-state index is -4.52. The van der Waals surface area contributed by atoms with Crippen LogP contribution in [0.3, 0.4) is 0 Å². The minimum Gasteiger partial charge on any atom is -0.478 e. The summed E-state index contributed by atoms with van der Waals surface area (Å²) >= 11 is 0. The normalized spacial score (nSPS) is 11.2. The van der Waals surface area contributed by atoms with Gasteiger partial charge >= 0.3 is 12.1 Å². The van der Waals surface area contributed by atoms with Crippen molar-refractivity contribution in [3.63, 3.8) is 0 Å². The molecule has 0 atom stereocenters. The molecule has 0 aromatic carbocycles. The molecule has 5 nitrogen and oxygen atoms in total. The lowest BCUT2D eigenvalue weighted by Crippen LogP contribution is -2.08. The Balaban J connectivity index is 2.25. The van der Waals surface area contributed by atoms with Crippen molar-refractivity contribution in [3.8, 4) is 0 Å². The van der Waals surface area contributed by atoms with E-state index < -0.39 is 17.8 Å². The molecule has 0 fully saturated rings. The van der Waals surface area contributed by atoms with Crippen LogP contribution in [0.25, 0.3) is 0 Å². The number of nitrogens with one attached hydrogen (secondary N) is 1. The monoisotopic (exact) mass is 283 g/mol. The third-order valence-corrected chi connectivity index (χ3v) is 2.35. The molecule has 2 aromatic rings. The van der Waals surface area contributed by atoms with Crippen molar-refractivity contribution in [1.29, 1.82) is 0 Å². The van der Waals surface area contributed by atoms with E-state index in [1.54, 1.807) is 0 Å². The Bertz CT molecular complexity index is 627. The van der Waals surface area contributed by atoms with E-state index in [1.165, 1.54) is 18.3 Å². The molecule has 0 bridgehead atoms. The van der Waals surface area contributed by atoms with Crippen LogP contribution in [0, 0.1) is 0 Å². The maximum absolute atomic E-state index is 12.3. The zero-order chi connectivity index (χ0) is 14.8. The van der Waals surface area contributed by atoms with Crippen LogP contribution in [0.1, 0.15) is 16.1 Å². The van der Waals surface area contributed by atoms with E-state index in [1.807, 2.05) is 0 Å². The van der Waals surface area contributed by atoms with E-state index >= 15 is 0 Å². The molecule has 2 N–H and O–H groups in total. The summed E-state index contributed by atoms with van der Waals surface area (Å²) in [7, 11) is 0. The maximum atomic E-state index is 12.3. The van der Waals surface area contributed by atoms with Crippen molar-refractivity contribution in [3.05, 3.63) is 47.9 Å². The number of hydrogen-bond donors (Lipinski definition) is 2. The van der Waals surface area contributed by atoms with Crippen LogP contribution in [0.4, 0.5) is 24.7 Å². The summed E-state index contributed by atoms with van der Waals surface area (Å²) in [5.41, 5.74) is -0.908. The number of carbonyl (C=O) groups is 1. The molecule has 104 valence electrons. The van der Waals surface area contributed by atoms with E-state index in [4.69, 9.17) is 5.11 Å². The predicted molar refractivity (Wildman–Crippen MR) is 63.7 cm³/mol. The van der Waals surface area contributed by atoms with Gasteiger partial charge in [0.2, 0.25) is 0 Å². The van der Waals surface area contributed by atoms with Crippen molar-refractivity contribution >= 4 is 17.5 Å². The molecule has 0 saturated carbocycles. The first-order valence-corrected chi connectivity index (χ1v) is 5.36. The van der Waals surface area contributed by atoms with E-state index in [-0.39, 0.29) is 17.1 Å². The van der Waals surface area contributed by atoms with Gasteiger partial charge in [-0.05, 0) is 24.3 Å². The Morgan fingerprint density at radius 1 is 1.20 bits per heavy atom. The highest BCUT2D eigenvalue weighted by Gasteiger charge is 2.32. The van der Waals surface area contributed by atoms with E-state index in [9.17, 15) is 18.0 Å². The van der Waals surface area contributed by atoms with Gasteiger partial charge in [-0.3, -0.25) is 0 Å². The summed E-state index contributed by atoms with van der Waals surface area (Å²) < 4.78 is 37.0. The second-order valence-electron chi connectivity index (χ2n) is 3.76. The van der Waals surface area contributed by atoms with Crippen LogP contribution >= 0.6 is 0 Å². The van der Waals surface area contributed by atoms with Gasteiger partial charge in [0.1, 0.15) is 17.1 Å². The SMILES string of the molecule is O=C(O)c1cccnc1Nc1ccc(C(F)(F)F)nc1. The number of nitrogens with zero attached hydrogens (tertiary/aromatic N) is 2. The largest absolute Gasteiger partial charge is 0.478 e. The lowest BCUT2D eigenvalue weighted by atomic mass is 10.2. The van der Waals surface area contributed by atoms with Crippen LogP contribution in [0.2, 0.25) is 0 Å². The van der Waals surface area contributed by atoms with Gasteiger partial charge in [-0.25, -0.2) is 14.8 Å². The lowest BCUT2D eigenvalue weighted by molar-refractivity contribution is -0.141. The van der Waals surface area contributed by atoms with Crippen LogP contribution < -0.4 is 5.32 Å². The molecule has 2 rings (SSSR count). The molecule has 2 aromatic heterocycles. The molecule has 20 heavy (non-hydrogen) atoms. The van der Waals surface area contributed by atoms with E-state index in [0.717, 1.165) is 18.3 Å². The number of rotatable bonds is 3. The molecule has 2 heterocycles. The third-order valence-electron chi connectivity index (χ3n) is 2.35. The van der Waals surface area contributed by atoms with Crippen LogP contribution in [0.5, 0.6) is 0 Å². The van der Waals surface area contributed by atoms with Crippen LogP contribution in [-0.2, 0) is 6.18 Å². The van der Waals surface area contributed by atoms with Gasteiger partial charge in [-0.2, -0.15) is 13.2 Å². The number of aromatic nitrogens is 2. The van der Waals surface area contributed by atoms with Crippen molar-refractivity contribution in [1.82, 2.24) is 9.97 Å². The highest BCUT2D eigenvalue weighted by Crippen LogP contribution is 2.28. The number of anilines is 2. The van der Waals surface area contributed by atoms with Crippen molar-refractivity contribution in [2.24, 2.45) is 0 Å². The summed E-state index contributed by atoms with van der Waals surface area (Å²) in [5.74, 6) is -1.16. The number of aromatic carboxylic acids is 1. The predicted octanol–water partition coefficient (Wildman–Crippen LogP) is 2.94. The first-order valence-electron chi connectivity index (χ1n) is 5.36. The highest BCUT2D eigenvalue weighted by molar-refractivity contribution is 5.93. The molecule has 0 radical (unpaired) electrons. The van der Waals surface area contributed by atoms with Crippen molar-refractivity contribution in [2.75, 3.05) is 5.32 Å². The molecule has 0 unspecified atom stereocenters.